The summed E-state index contributed by atoms with van der Waals surface area (Å²) in [6.07, 6.45) is 9.15. The highest BCUT2D eigenvalue weighted by molar-refractivity contribution is 6.42. The zero-order chi connectivity index (χ0) is 23.1. The fourth-order valence-corrected chi connectivity index (χ4v) is 6.84. The lowest BCUT2D eigenvalue weighted by molar-refractivity contribution is -0.140. The van der Waals surface area contributed by atoms with Gasteiger partial charge < -0.3 is 4.57 Å². The Morgan fingerprint density at radius 3 is 2.35 bits per heavy atom. The summed E-state index contributed by atoms with van der Waals surface area (Å²) in [5, 5.41) is 7.63. The minimum Gasteiger partial charge on any atom is -0.342 e. The molecule has 2 saturated carbocycles. The zero-order valence-electron chi connectivity index (χ0n) is 18.1. The Morgan fingerprint density at radius 2 is 1.65 bits per heavy atom. The van der Waals surface area contributed by atoms with Gasteiger partial charge >= 0.3 is 0 Å². The number of fused-ring (bicyclic) bond motifs is 1. The summed E-state index contributed by atoms with van der Waals surface area (Å²) < 4.78 is 2.11. The minimum absolute atomic E-state index is 0.143. The number of amides is 2. The number of hydrogen-bond donors (Lipinski definition) is 0. The summed E-state index contributed by atoms with van der Waals surface area (Å²) in [7, 11) is 0. The highest BCUT2D eigenvalue weighted by atomic mass is 35.5. The molecule has 0 N–H and O–H groups in total. The van der Waals surface area contributed by atoms with Gasteiger partial charge in [0, 0.05) is 29.2 Å². The molecule has 7 heteroatoms. The third-order valence-electron chi connectivity index (χ3n) is 8.11. The molecule has 170 valence electrons. The molecule has 8 rings (SSSR count). The molecule has 1 aromatic heterocycles. The van der Waals surface area contributed by atoms with Crippen LogP contribution in [0.15, 0.2) is 65.9 Å². The summed E-state index contributed by atoms with van der Waals surface area (Å²) in [6, 6.07) is 13.6. The Hall–Kier alpha value is -2.89. The molecule has 3 aromatic rings. The summed E-state index contributed by atoms with van der Waals surface area (Å²) >= 11 is 12.3. The molecule has 4 aliphatic carbocycles. The molecule has 6 atom stereocenters. The van der Waals surface area contributed by atoms with Crippen LogP contribution in [0, 0.1) is 35.5 Å². The first-order valence-corrected chi connectivity index (χ1v) is 12.4. The summed E-state index contributed by atoms with van der Waals surface area (Å²) in [5.41, 5.74) is 2.91. The number of benzene rings is 2. The van der Waals surface area contributed by atoms with E-state index in [0.717, 1.165) is 33.5 Å². The SMILES string of the molecule is O=C1[C@@H]2[C@H]3C=C[C@@H]([C@@H]4C[C@H]34)[C@H]2C(=O)N1N=Cc1cn(Cc2ccc(Cl)c(Cl)c2)c2ccccc12. The van der Waals surface area contributed by atoms with E-state index in [4.69, 9.17) is 23.2 Å². The second-order valence-electron chi connectivity index (χ2n) is 9.87. The van der Waals surface area contributed by atoms with Crippen LogP contribution in [0.4, 0.5) is 0 Å². The Morgan fingerprint density at radius 1 is 0.941 bits per heavy atom. The normalized spacial score (nSPS) is 31.1. The second-order valence-corrected chi connectivity index (χ2v) is 10.7. The monoisotopic (exact) mass is 489 g/mol. The number of allylic oxidation sites excluding steroid dienone is 2. The molecule has 5 aliphatic rings. The molecule has 5 nitrogen and oxygen atoms in total. The van der Waals surface area contributed by atoms with E-state index in [1.165, 1.54) is 0 Å². The highest BCUT2D eigenvalue weighted by Crippen LogP contribution is 2.65. The number of aromatic nitrogens is 1. The van der Waals surface area contributed by atoms with Crippen molar-refractivity contribution in [2.45, 2.75) is 13.0 Å². The van der Waals surface area contributed by atoms with Crippen LogP contribution in [0.2, 0.25) is 10.0 Å². The number of carbonyl (C=O) groups is 2. The topological polar surface area (TPSA) is 54.7 Å². The van der Waals surface area contributed by atoms with E-state index < -0.39 is 0 Å². The third kappa shape index (κ3) is 2.90. The van der Waals surface area contributed by atoms with E-state index in [2.05, 4.69) is 21.8 Å². The maximum absolute atomic E-state index is 13.2. The minimum atomic E-state index is -0.237. The predicted molar refractivity (Wildman–Crippen MR) is 132 cm³/mol. The van der Waals surface area contributed by atoms with Crippen LogP contribution in [0.1, 0.15) is 17.5 Å². The lowest BCUT2D eigenvalue weighted by Gasteiger charge is -2.37. The van der Waals surface area contributed by atoms with Gasteiger partial charge in [0.15, 0.2) is 0 Å². The van der Waals surface area contributed by atoms with Gasteiger partial charge in [0.05, 0.1) is 28.1 Å². The van der Waals surface area contributed by atoms with Crippen molar-refractivity contribution in [3.05, 3.63) is 82.0 Å². The van der Waals surface area contributed by atoms with Crippen LogP contribution in [0.25, 0.3) is 10.9 Å². The first kappa shape index (κ1) is 20.5. The third-order valence-corrected chi connectivity index (χ3v) is 8.85. The van der Waals surface area contributed by atoms with Gasteiger partial charge in [-0.05, 0) is 53.9 Å². The highest BCUT2D eigenvalue weighted by Gasteiger charge is 2.67. The molecule has 34 heavy (non-hydrogen) atoms. The number of halogens is 2. The van der Waals surface area contributed by atoms with Crippen molar-refractivity contribution >= 4 is 52.1 Å². The molecule has 0 radical (unpaired) electrons. The Balaban J connectivity index is 1.20. The molecule has 0 spiro atoms. The number of hydrazone groups is 1. The molecular weight excluding hydrogens is 469 g/mol. The van der Waals surface area contributed by atoms with E-state index >= 15 is 0 Å². The standard InChI is InChI=1S/C27H21Cl2N3O2/c28-21-8-5-14(9-22(21)29)12-31-13-15(16-3-1-2-4-23(16)31)11-30-32-26(33)24-17-6-7-18(20-10-19(17)20)25(24)27(32)34/h1-9,11,13,17-20,24-25H,10,12H2/t17-,18-,19-,20+,24+,25+/m0/s1. The van der Waals surface area contributed by atoms with Gasteiger partial charge in [-0.1, -0.05) is 59.6 Å². The van der Waals surface area contributed by atoms with Crippen LogP contribution < -0.4 is 0 Å². The number of rotatable bonds is 4. The van der Waals surface area contributed by atoms with Gasteiger partial charge in [0.25, 0.3) is 11.8 Å². The maximum atomic E-state index is 13.2. The lowest BCUT2D eigenvalue weighted by Crippen LogP contribution is -2.40. The Labute approximate surface area is 206 Å². The maximum Gasteiger partial charge on any atom is 0.254 e. The summed E-state index contributed by atoms with van der Waals surface area (Å²) in [5.74, 6) is 0.798. The lowest BCUT2D eigenvalue weighted by atomic mass is 9.63. The van der Waals surface area contributed by atoms with Crippen LogP contribution in [0.3, 0.4) is 0 Å². The van der Waals surface area contributed by atoms with Gasteiger partial charge in [0.1, 0.15) is 0 Å². The van der Waals surface area contributed by atoms with E-state index in [-0.39, 0.29) is 35.5 Å². The molecule has 2 heterocycles. The van der Waals surface area contributed by atoms with E-state index in [1.807, 2.05) is 42.6 Å². The van der Waals surface area contributed by atoms with Crippen molar-refractivity contribution < 1.29 is 9.59 Å². The van der Waals surface area contributed by atoms with Crippen molar-refractivity contribution in [2.24, 2.45) is 40.6 Å². The first-order chi connectivity index (χ1) is 16.5. The van der Waals surface area contributed by atoms with E-state index in [9.17, 15) is 9.59 Å². The molecule has 1 saturated heterocycles. The molecular formula is C27H21Cl2N3O2. The van der Waals surface area contributed by atoms with E-state index in [0.29, 0.717) is 28.4 Å². The quantitative estimate of drug-likeness (QED) is 0.280. The van der Waals surface area contributed by atoms with Crippen molar-refractivity contribution in [3.8, 4) is 0 Å². The van der Waals surface area contributed by atoms with Crippen LogP contribution >= 0.6 is 23.2 Å². The number of hydrogen-bond acceptors (Lipinski definition) is 3. The number of para-hydroxylation sites is 1. The fraction of sp³-hybridized carbons (Fsp3) is 0.296. The van der Waals surface area contributed by atoms with Crippen molar-refractivity contribution in [2.75, 3.05) is 0 Å². The first-order valence-electron chi connectivity index (χ1n) is 11.6. The molecule has 2 aromatic carbocycles. The molecule has 3 fully saturated rings. The Kier molecular flexibility index (Phi) is 4.40. The fourth-order valence-electron chi connectivity index (χ4n) is 6.52. The Bertz CT molecular complexity index is 1400. The molecule has 1 aliphatic heterocycles. The van der Waals surface area contributed by atoms with Gasteiger partial charge in [-0.15, -0.1) is 0 Å². The molecule has 2 amide bonds. The van der Waals surface area contributed by atoms with Gasteiger partial charge in [0.2, 0.25) is 0 Å². The zero-order valence-corrected chi connectivity index (χ0v) is 19.7. The van der Waals surface area contributed by atoms with Crippen molar-refractivity contribution in [1.82, 2.24) is 9.58 Å². The summed E-state index contributed by atoms with van der Waals surface area (Å²) in [4.78, 5) is 26.4. The predicted octanol–water partition coefficient (Wildman–Crippen LogP) is 5.38. The largest absolute Gasteiger partial charge is 0.342 e. The van der Waals surface area contributed by atoms with E-state index in [1.54, 1.807) is 12.3 Å². The van der Waals surface area contributed by atoms with Crippen molar-refractivity contribution in [3.63, 3.8) is 0 Å². The average Bonchev–Trinajstić information content (AvgIpc) is 3.55. The van der Waals surface area contributed by atoms with Gasteiger partial charge in [-0.3, -0.25) is 9.59 Å². The number of imide groups is 1. The summed E-state index contributed by atoms with van der Waals surface area (Å²) in [6.45, 7) is 0.606. The van der Waals surface area contributed by atoms with Crippen LogP contribution in [0.5, 0.6) is 0 Å². The van der Waals surface area contributed by atoms with Gasteiger partial charge in [-0.25, -0.2) is 0 Å². The van der Waals surface area contributed by atoms with Crippen molar-refractivity contribution in [1.29, 1.82) is 0 Å². The van der Waals surface area contributed by atoms with Gasteiger partial charge in [-0.2, -0.15) is 10.1 Å². The molecule has 0 unspecified atom stereocenters. The second kappa shape index (κ2) is 7.30. The van der Waals surface area contributed by atoms with Crippen LogP contribution in [-0.4, -0.2) is 27.6 Å². The average molecular weight is 490 g/mol. The number of carbonyl (C=O) groups excluding carboxylic acids is 2. The number of nitrogens with zero attached hydrogens (tertiary/aromatic N) is 3. The molecule has 2 bridgehead atoms. The smallest absolute Gasteiger partial charge is 0.254 e. The van der Waals surface area contributed by atoms with Crippen LogP contribution in [-0.2, 0) is 16.1 Å².